The number of hydrogen-bond donors (Lipinski definition) is 2. The van der Waals surface area contributed by atoms with Gasteiger partial charge in [-0.25, -0.2) is 14.8 Å². The average Bonchev–Trinajstić information content (AvgIpc) is 3.39. The maximum absolute atomic E-state index is 13.5. The first-order valence-electron chi connectivity index (χ1n) is 11.9. The number of imidazole rings is 1. The molecule has 3 aromatic heterocycles. The number of halogens is 3. The van der Waals surface area contributed by atoms with Gasteiger partial charge in [-0.05, 0) is 43.2 Å². The molecule has 0 bridgehead atoms. The maximum atomic E-state index is 13.5. The zero-order valence-electron chi connectivity index (χ0n) is 20.6. The van der Waals surface area contributed by atoms with Crippen molar-refractivity contribution in [2.45, 2.75) is 31.6 Å². The number of aryl methyl sites for hydroxylation is 1. The van der Waals surface area contributed by atoms with Gasteiger partial charge in [0.2, 0.25) is 0 Å². The van der Waals surface area contributed by atoms with Crippen LogP contribution in [0.5, 0.6) is 5.75 Å². The number of nitrogens with zero attached hydrogens (tertiary/aromatic N) is 5. The summed E-state index contributed by atoms with van der Waals surface area (Å²) in [6.07, 6.45) is -2.93. The van der Waals surface area contributed by atoms with Crippen LogP contribution in [-0.4, -0.2) is 73.5 Å². The van der Waals surface area contributed by atoms with Crippen LogP contribution in [0.25, 0.3) is 33.6 Å². The van der Waals surface area contributed by atoms with Crippen LogP contribution in [0.4, 0.5) is 18.0 Å². The zero-order valence-corrected chi connectivity index (χ0v) is 20.6. The van der Waals surface area contributed by atoms with Crippen molar-refractivity contribution in [1.29, 1.82) is 0 Å². The molecule has 2 amide bonds. The van der Waals surface area contributed by atoms with E-state index in [1.54, 1.807) is 46.8 Å². The van der Waals surface area contributed by atoms with E-state index in [0.717, 1.165) is 4.57 Å². The smallest absolute Gasteiger partial charge is 0.406 e. The number of hydrogen-bond acceptors (Lipinski definition) is 5. The van der Waals surface area contributed by atoms with E-state index in [0.29, 0.717) is 41.6 Å². The van der Waals surface area contributed by atoms with E-state index in [-0.39, 0.29) is 41.2 Å². The van der Waals surface area contributed by atoms with Gasteiger partial charge in [0, 0.05) is 43.3 Å². The zero-order chi connectivity index (χ0) is 27.2. The van der Waals surface area contributed by atoms with Gasteiger partial charge in [0.05, 0.1) is 18.3 Å². The number of ether oxygens (including phenoxy) is 1. The van der Waals surface area contributed by atoms with E-state index < -0.39 is 18.8 Å². The van der Waals surface area contributed by atoms with Gasteiger partial charge < -0.3 is 29.2 Å². The molecular formula is C25H25F3N6O4. The SMILES string of the molecule is COc1cc(C(=O)N2CCCC(NC(=O)O)C2)cc2nc(-c3cc4cccnc4n3CC(F)(F)F)n(C)c12. The van der Waals surface area contributed by atoms with Gasteiger partial charge in [0.1, 0.15) is 23.5 Å². The molecule has 1 aliphatic heterocycles. The highest BCUT2D eigenvalue weighted by Crippen LogP contribution is 2.35. The number of rotatable bonds is 5. The Morgan fingerprint density at radius 1 is 1.26 bits per heavy atom. The molecule has 0 spiro atoms. The van der Waals surface area contributed by atoms with Gasteiger partial charge >= 0.3 is 12.3 Å². The van der Waals surface area contributed by atoms with Gasteiger partial charge in [-0.1, -0.05) is 0 Å². The van der Waals surface area contributed by atoms with Crippen LogP contribution in [-0.2, 0) is 13.6 Å². The Hall–Kier alpha value is -4.29. The van der Waals surface area contributed by atoms with Crippen molar-refractivity contribution in [1.82, 2.24) is 29.3 Å². The maximum Gasteiger partial charge on any atom is 0.406 e. The third-order valence-corrected chi connectivity index (χ3v) is 6.66. The summed E-state index contributed by atoms with van der Waals surface area (Å²) in [5.41, 5.74) is 1.58. The molecule has 4 heterocycles. The number of carbonyl (C=O) groups excluding carboxylic acids is 1. The fourth-order valence-corrected chi connectivity index (χ4v) is 5.07. The van der Waals surface area contributed by atoms with Crippen molar-refractivity contribution >= 4 is 34.1 Å². The molecule has 1 atom stereocenters. The molecule has 0 aliphatic carbocycles. The molecule has 0 radical (unpaired) electrons. The van der Waals surface area contributed by atoms with E-state index in [4.69, 9.17) is 9.84 Å². The lowest BCUT2D eigenvalue weighted by atomic mass is 10.0. The van der Waals surface area contributed by atoms with Gasteiger partial charge in [-0.3, -0.25) is 4.79 Å². The first-order valence-corrected chi connectivity index (χ1v) is 11.9. The summed E-state index contributed by atoms with van der Waals surface area (Å²) in [6, 6.07) is 7.71. The van der Waals surface area contributed by atoms with Crippen LogP contribution in [0.1, 0.15) is 23.2 Å². The monoisotopic (exact) mass is 530 g/mol. The molecule has 5 rings (SSSR count). The standard InChI is InChI=1S/C25H25F3N6O4/c1-32-20-17(31-22(32)18-10-14-5-3-7-29-21(14)34(18)13-25(26,27)28)9-15(11-19(20)38-2)23(35)33-8-4-6-16(12-33)30-24(36)37/h3,5,7,9-11,16,30H,4,6,8,12-13H2,1-2H3,(H,36,37). The minimum atomic E-state index is -4.48. The minimum absolute atomic E-state index is 0.185. The number of piperidine rings is 1. The van der Waals surface area contributed by atoms with Gasteiger partial charge in [0.15, 0.2) is 5.82 Å². The van der Waals surface area contributed by atoms with Crippen LogP contribution in [0.15, 0.2) is 36.5 Å². The Labute approximate surface area is 214 Å². The highest BCUT2D eigenvalue weighted by Gasteiger charge is 2.32. The molecule has 1 saturated heterocycles. The average molecular weight is 531 g/mol. The molecule has 38 heavy (non-hydrogen) atoms. The Balaban J connectivity index is 1.58. The first kappa shape index (κ1) is 25.4. The third-order valence-electron chi connectivity index (χ3n) is 6.66. The molecule has 1 aromatic carbocycles. The number of pyridine rings is 1. The Morgan fingerprint density at radius 2 is 2.05 bits per heavy atom. The van der Waals surface area contributed by atoms with Crippen LogP contribution in [0, 0.1) is 0 Å². The van der Waals surface area contributed by atoms with Gasteiger partial charge in [0.25, 0.3) is 5.91 Å². The van der Waals surface area contributed by atoms with Crippen molar-refractivity contribution < 1.29 is 32.6 Å². The predicted octanol–water partition coefficient (Wildman–Crippen LogP) is 4.03. The molecule has 0 saturated carbocycles. The second kappa shape index (κ2) is 9.54. The minimum Gasteiger partial charge on any atom is -0.494 e. The van der Waals surface area contributed by atoms with Crippen molar-refractivity contribution in [3.8, 4) is 17.3 Å². The quantitative estimate of drug-likeness (QED) is 0.403. The number of aromatic nitrogens is 4. The molecule has 13 heteroatoms. The summed E-state index contributed by atoms with van der Waals surface area (Å²) in [4.78, 5) is 34.7. The predicted molar refractivity (Wildman–Crippen MR) is 132 cm³/mol. The van der Waals surface area contributed by atoms with Crippen molar-refractivity contribution in [3.05, 3.63) is 42.1 Å². The Morgan fingerprint density at radius 3 is 2.76 bits per heavy atom. The van der Waals surface area contributed by atoms with Crippen LogP contribution in [0.2, 0.25) is 0 Å². The number of amides is 2. The number of carbonyl (C=O) groups is 2. The Kier molecular flexibility index (Phi) is 6.37. The van der Waals surface area contributed by atoms with Crippen LogP contribution < -0.4 is 10.1 Å². The number of methoxy groups -OCH3 is 1. The number of fused-ring (bicyclic) bond motifs is 2. The van der Waals surface area contributed by atoms with Crippen molar-refractivity contribution in [2.75, 3.05) is 20.2 Å². The van der Waals surface area contributed by atoms with Crippen molar-refractivity contribution in [2.24, 2.45) is 7.05 Å². The second-order valence-electron chi connectivity index (χ2n) is 9.23. The highest BCUT2D eigenvalue weighted by molar-refractivity contribution is 6.00. The fourth-order valence-electron chi connectivity index (χ4n) is 5.07. The molecular weight excluding hydrogens is 505 g/mol. The number of carboxylic acid groups (broad SMARTS) is 1. The molecule has 200 valence electrons. The normalized spacial score (nSPS) is 16.2. The van der Waals surface area contributed by atoms with Gasteiger partial charge in [-0.2, -0.15) is 13.2 Å². The highest BCUT2D eigenvalue weighted by atomic mass is 19.4. The summed E-state index contributed by atoms with van der Waals surface area (Å²) >= 11 is 0. The van der Waals surface area contributed by atoms with E-state index in [1.165, 1.54) is 13.3 Å². The molecule has 1 fully saturated rings. The summed E-state index contributed by atoms with van der Waals surface area (Å²) in [5, 5.41) is 12.0. The summed E-state index contributed by atoms with van der Waals surface area (Å²) in [7, 11) is 3.11. The number of alkyl halides is 3. The van der Waals surface area contributed by atoms with Crippen molar-refractivity contribution in [3.63, 3.8) is 0 Å². The second-order valence-corrected chi connectivity index (χ2v) is 9.23. The molecule has 1 unspecified atom stereocenters. The lowest BCUT2D eigenvalue weighted by Gasteiger charge is -2.32. The molecule has 10 nitrogen and oxygen atoms in total. The Bertz CT molecular complexity index is 1540. The fraction of sp³-hybridized carbons (Fsp3) is 0.360. The summed E-state index contributed by atoms with van der Waals surface area (Å²) in [5.74, 6) is 0.277. The summed E-state index contributed by atoms with van der Waals surface area (Å²) < 4.78 is 48.8. The van der Waals surface area contributed by atoms with E-state index >= 15 is 0 Å². The summed E-state index contributed by atoms with van der Waals surface area (Å²) in [6.45, 7) is -0.550. The van der Waals surface area contributed by atoms with Gasteiger partial charge in [-0.15, -0.1) is 0 Å². The van der Waals surface area contributed by atoms with E-state index in [2.05, 4.69) is 15.3 Å². The molecule has 1 aliphatic rings. The lowest BCUT2D eigenvalue weighted by Crippen LogP contribution is -2.49. The first-order chi connectivity index (χ1) is 18.1. The van der Waals surface area contributed by atoms with E-state index in [9.17, 15) is 22.8 Å². The molecule has 2 N–H and O–H groups in total. The topological polar surface area (TPSA) is 115 Å². The van der Waals surface area contributed by atoms with Crippen LogP contribution in [0.3, 0.4) is 0 Å². The van der Waals surface area contributed by atoms with Crippen LogP contribution >= 0.6 is 0 Å². The number of likely N-dealkylation sites (tertiary alicyclic amines) is 1. The number of nitrogens with one attached hydrogen (secondary N) is 1. The number of benzene rings is 1. The lowest BCUT2D eigenvalue weighted by molar-refractivity contribution is -0.139. The molecule has 4 aromatic rings. The third kappa shape index (κ3) is 4.71. The largest absolute Gasteiger partial charge is 0.494 e. The van der Waals surface area contributed by atoms with E-state index in [1.807, 2.05) is 0 Å².